The molecule has 0 aromatic carbocycles. The zero-order valence-electron chi connectivity index (χ0n) is 10.9. The molecule has 0 bridgehead atoms. The molecule has 0 saturated carbocycles. The molecule has 0 unspecified atom stereocenters. The average molecular weight is 263 g/mol. The molecule has 6 heteroatoms. The van der Waals surface area contributed by atoms with Gasteiger partial charge in [0.1, 0.15) is 17.1 Å². The lowest BCUT2D eigenvalue weighted by atomic mass is 10.1. The third kappa shape index (κ3) is 2.62. The summed E-state index contributed by atoms with van der Waals surface area (Å²) in [5, 5.41) is 13.5. The summed E-state index contributed by atoms with van der Waals surface area (Å²) in [5.74, 6) is -1.63. The van der Waals surface area contributed by atoms with Crippen LogP contribution in [0.2, 0.25) is 0 Å². The van der Waals surface area contributed by atoms with Gasteiger partial charge in [-0.3, -0.25) is 9.67 Å². The number of aromatic carboxylic acids is 1. The topological polar surface area (TPSA) is 68.0 Å². The predicted molar refractivity (Wildman–Crippen MR) is 67.4 cm³/mol. The van der Waals surface area contributed by atoms with Crippen molar-refractivity contribution in [3.8, 4) is 11.3 Å². The molecule has 100 valence electrons. The van der Waals surface area contributed by atoms with E-state index < -0.39 is 11.8 Å². The number of hydrogen-bond acceptors (Lipinski definition) is 3. The Labute approximate surface area is 109 Å². The summed E-state index contributed by atoms with van der Waals surface area (Å²) in [6.45, 7) is 5.71. The summed E-state index contributed by atoms with van der Waals surface area (Å²) in [4.78, 5) is 15.0. The van der Waals surface area contributed by atoms with E-state index in [-0.39, 0.29) is 16.8 Å². The van der Waals surface area contributed by atoms with E-state index in [2.05, 4.69) is 10.1 Å². The van der Waals surface area contributed by atoms with Crippen molar-refractivity contribution < 1.29 is 14.3 Å². The zero-order chi connectivity index (χ0) is 14.2. The first-order valence-corrected chi connectivity index (χ1v) is 5.73. The van der Waals surface area contributed by atoms with Crippen LogP contribution in [0.1, 0.15) is 31.1 Å². The van der Waals surface area contributed by atoms with Gasteiger partial charge in [0.05, 0.1) is 11.7 Å². The quantitative estimate of drug-likeness (QED) is 0.904. The van der Waals surface area contributed by atoms with E-state index in [4.69, 9.17) is 0 Å². The zero-order valence-corrected chi connectivity index (χ0v) is 10.9. The number of carbonyl (C=O) groups is 1. The van der Waals surface area contributed by atoms with Gasteiger partial charge in [0.15, 0.2) is 0 Å². The number of pyridine rings is 1. The van der Waals surface area contributed by atoms with Crippen molar-refractivity contribution in [1.29, 1.82) is 0 Å². The molecule has 0 fully saturated rings. The molecule has 0 aliphatic heterocycles. The van der Waals surface area contributed by atoms with Crippen LogP contribution >= 0.6 is 0 Å². The maximum atomic E-state index is 13.2. The van der Waals surface area contributed by atoms with Gasteiger partial charge in [0, 0.05) is 18.0 Å². The lowest BCUT2D eigenvalue weighted by Gasteiger charge is -2.18. The van der Waals surface area contributed by atoms with Crippen LogP contribution in [-0.4, -0.2) is 25.8 Å². The van der Waals surface area contributed by atoms with Crippen molar-refractivity contribution in [2.24, 2.45) is 0 Å². The van der Waals surface area contributed by atoms with Gasteiger partial charge in [0.25, 0.3) is 0 Å². The average Bonchev–Trinajstić information content (AvgIpc) is 2.73. The Morgan fingerprint density at radius 1 is 1.37 bits per heavy atom. The summed E-state index contributed by atoms with van der Waals surface area (Å²) in [7, 11) is 0. The molecule has 0 amide bonds. The highest BCUT2D eigenvalue weighted by Crippen LogP contribution is 2.25. The summed E-state index contributed by atoms with van der Waals surface area (Å²) in [6.07, 6.45) is 3.90. The van der Waals surface area contributed by atoms with E-state index in [0.29, 0.717) is 5.56 Å². The third-order valence-electron chi connectivity index (χ3n) is 2.61. The van der Waals surface area contributed by atoms with E-state index in [0.717, 1.165) is 6.20 Å². The van der Waals surface area contributed by atoms with Gasteiger partial charge in [-0.1, -0.05) is 0 Å². The van der Waals surface area contributed by atoms with Crippen LogP contribution in [0.15, 0.2) is 24.7 Å². The van der Waals surface area contributed by atoms with E-state index in [1.54, 1.807) is 4.68 Å². The van der Waals surface area contributed by atoms with Crippen molar-refractivity contribution in [2.45, 2.75) is 26.3 Å². The number of halogens is 1. The summed E-state index contributed by atoms with van der Waals surface area (Å²) >= 11 is 0. The number of nitrogens with zero attached hydrogens (tertiary/aromatic N) is 3. The molecule has 2 aromatic heterocycles. The number of carboxylic acid groups (broad SMARTS) is 1. The lowest BCUT2D eigenvalue weighted by Crippen LogP contribution is -2.22. The monoisotopic (exact) mass is 263 g/mol. The molecule has 0 aliphatic carbocycles. The predicted octanol–water partition coefficient (Wildman–Crippen LogP) is 2.54. The summed E-state index contributed by atoms with van der Waals surface area (Å²) in [6, 6.07) is 1.22. The highest BCUT2D eigenvalue weighted by atomic mass is 19.1. The first kappa shape index (κ1) is 13.2. The van der Waals surface area contributed by atoms with Gasteiger partial charge in [-0.25, -0.2) is 9.18 Å². The SMILES string of the molecule is CC(C)(C)n1cc(C(=O)O)c(-c2cncc(F)c2)n1. The minimum absolute atomic E-state index is 0.0299. The lowest BCUT2D eigenvalue weighted by molar-refractivity contribution is 0.0697. The smallest absolute Gasteiger partial charge is 0.339 e. The Morgan fingerprint density at radius 2 is 2.05 bits per heavy atom. The van der Waals surface area contributed by atoms with Gasteiger partial charge in [-0.05, 0) is 26.8 Å². The standard InChI is InChI=1S/C13H14FN3O2/c1-13(2,3)17-7-10(12(18)19)11(16-17)8-4-9(14)6-15-5-8/h4-7H,1-3H3,(H,18,19). The maximum Gasteiger partial charge on any atom is 0.339 e. The van der Waals surface area contributed by atoms with Gasteiger partial charge in [-0.15, -0.1) is 0 Å². The highest BCUT2D eigenvalue weighted by molar-refractivity contribution is 5.94. The molecule has 0 radical (unpaired) electrons. The van der Waals surface area contributed by atoms with Crippen molar-refractivity contribution in [3.05, 3.63) is 36.0 Å². The Hall–Kier alpha value is -2.24. The van der Waals surface area contributed by atoms with E-state index >= 15 is 0 Å². The highest BCUT2D eigenvalue weighted by Gasteiger charge is 2.22. The molecule has 5 nitrogen and oxygen atoms in total. The fourth-order valence-corrected chi connectivity index (χ4v) is 1.63. The second kappa shape index (κ2) is 4.46. The van der Waals surface area contributed by atoms with Crippen molar-refractivity contribution in [2.75, 3.05) is 0 Å². The van der Waals surface area contributed by atoms with Gasteiger partial charge in [-0.2, -0.15) is 5.10 Å². The molecule has 2 aromatic rings. The van der Waals surface area contributed by atoms with Crippen molar-refractivity contribution >= 4 is 5.97 Å². The third-order valence-corrected chi connectivity index (χ3v) is 2.61. The Morgan fingerprint density at radius 3 is 2.58 bits per heavy atom. The van der Waals surface area contributed by atoms with E-state index in [1.165, 1.54) is 18.5 Å². The van der Waals surface area contributed by atoms with Crippen LogP contribution in [0.3, 0.4) is 0 Å². The molecule has 1 N–H and O–H groups in total. The number of hydrogen-bond donors (Lipinski definition) is 1. The van der Waals surface area contributed by atoms with Crippen LogP contribution in [0.4, 0.5) is 4.39 Å². The van der Waals surface area contributed by atoms with Crippen LogP contribution in [0.25, 0.3) is 11.3 Å². The second-order valence-corrected chi connectivity index (χ2v) is 5.20. The maximum absolute atomic E-state index is 13.2. The summed E-state index contributed by atoms with van der Waals surface area (Å²) in [5.41, 5.74) is 0.237. The molecule has 2 rings (SSSR count). The van der Waals surface area contributed by atoms with Crippen LogP contribution in [0, 0.1) is 5.82 Å². The van der Waals surface area contributed by atoms with Gasteiger partial charge in [0.2, 0.25) is 0 Å². The Bertz CT molecular complexity index is 629. The molecule has 0 spiro atoms. The van der Waals surface area contributed by atoms with E-state index in [9.17, 15) is 14.3 Å². The number of rotatable bonds is 2. The first-order chi connectivity index (χ1) is 8.79. The first-order valence-electron chi connectivity index (χ1n) is 5.73. The Kier molecular flexibility index (Phi) is 3.09. The second-order valence-electron chi connectivity index (χ2n) is 5.20. The molecule has 19 heavy (non-hydrogen) atoms. The van der Waals surface area contributed by atoms with Gasteiger partial charge >= 0.3 is 5.97 Å². The molecule has 2 heterocycles. The largest absolute Gasteiger partial charge is 0.478 e. The molecular formula is C13H14FN3O2. The fraction of sp³-hybridized carbons (Fsp3) is 0.308. The van der Waals surface area contributed by atoms with Crippen molar-refractivity contribution in [3.63, 3.8) is 0 Å². The minimum atomic E-state index is -1.10. The van der Waals surface area contributed by atoms with Crippen LogP contribution in [0.5, 0.6) is 0 Å². The fourth-order valence-electron chi connectivity index (χ4n) is 1.63. The normalized spacial score (nSPS) is 11.6. The minimum Gasteiger partial charge on any atom is -0.478 e. The van der Waals surface area contributed by atoms with E-state index in [1.807, 2.05) is 20.8 Å². The number of carboxylic acids is 1. The number of aromatic nitrogens is 3. The molecule has 0 atom stereocenters. The Balaban J connectivity index is 2.62. The molecular weight excluding hydrogens is 249 g/mol. The summed E-state index contributed by atoms with van der Waals surface area (Å²) < 4.78 is 14.7. The van der Waals surface area contributed by atoms with Crippen LogP contribution in [-0.2, 0) is 5.54 Å². The van der Waals surface area contributed by atoms with Crippen molar-refractivity contribution in [1.82, 2.24) is 14.8 Å². The molecule has 0 saturated heterocycles. The van der Waals surface area contributed by atoms with Crippen LogP contribution < -0.4 is 0 Å². The molecule has 0 aliphatic rings. The van der Waals surface area contributed by atoms with Gasteiger partial charge < -0.3 is 5.11 Å².